The maximum absolute atomic E-state index is 14.3. The first-order chi connectivity index (χ1) is 24.6. The highest BCUT2D eigenvalue weighted by molar-refractivity contribution is 8.00. The van der Waals surface area contributed by atoms with Gasteiger partial charge in [-0.1, -0.05) is 57.0 Å². The molecule has 1 heterocycles. The van der Waals surface area contributed by atoms with Crippen molar-refractivity contribution < 1.29 is 33.0 Å². The number of pyridine rings is 1. The molecule has 4 N–H and O–H groups in total. The van der Waals surface area contributed by atoms with Crippen molar-refractivity contribution in [1.82, 2.24) is 20.9 Å². The summed E-state index contributed by atoms with van der Waals surface area (Å²) in [5.41, 5.74) is 1.14. The smallest absolute Gasteiger partial charge is 0.253 e. The van der Waals surface area contributed by atoms with Crippen LogP contribution in [0.2, 0.25) is 0 Å². The summed E-state index contributed by atoms with van der Waals surface area (Å²) in [5, 5.41) is 29.3. The van der Waals surface area contributed by atoms with Crippen LogP contribution in [0, 0.1) is 23.0 Å². The first kappa shape index (κ1) is 41.0. The molecule has 1 unspecified atom stereocenters. The molecule has 0 saturated carbocycles. The third-order valence-electron chi connectivity index (χ3n) is 7.99. The second-order valence-corrected chi connectivity index (χ2v) is 13.5. The lowest BCUT2D eigenvalue weighted by Crippen LogP contribution is -2.58. The SMILES string of the molecule is CCCC(CCC)SCC(NC(=O)c1cccnc1)C(=O)N[C@@H](Cc1cc(F)cc(F)c1)[C@@H](O)[C@@H](OCCCC#N)C(=O)NCc1ccccc1. The number of ether oxygens (including phenoxy) is 1. The number of aliphatic hydroxyl groups is 1. The molecule has 0 bridgehead atoms. The van der Waals surface area contributed by atoms with E-state index < -0.39 is 53.6 Å². The Morgan fingerprint density at radius 2 is 1.67 bits per heavy atom. The number of carbonyl (C=O) groups is 3. The summed E-state index contributed by atoms with van der Waals surface area (Å²) in [4.78, 5) is 44.9. The zero-order valence-corrected chi connectivity index (χ0v) is 29.8. The fourth-order valence-corrected chi connectivity index (χ4v) is 6.92. The monoisotopic (exact) mass is 723 g/mol. The van der Waals surface area contributed by atoms with E-state index >= 15 is 0 Å². The number of aliphatic hydroxyl groups excluding tert-OH is 1. The van der Waals surface area contributed by atoms with Gasteiger partial charge in [0, 0.05) is 49.0 Å². The molecule has 274 valence electrons. The minimum atomic E-state index is -1.71. The van der Waals surface area contributed by atoms with Crippen LogP contribution in [0.15, 0.2) is 73.1 Å². The van der Waals surface area contributed by atoms with Gasteiger partial charge in [-0.25, -0.2) is 8.78 Å². The average Bonchev–Trinajstić information content (AvgIpc) is 3.12. The zero-order chi connectivity index (χ0) is 37.0. The average molecular weight is 724 g/mol. The summed E-state index contributed by atoms with van der Waals surface area (Å²) in [7, 11) is 0. The first-order valence-corrected chi connectivity index (χ1v) is 18.3. The van der Waals surface area contributed by atoms with Crippen molar-refractivity contribution in [1.29, 1.82) is 5.26 Å². The van der Waals surface area contributed by atoms with Crippen LogP contribution in [0.3, 0.4) is 0 Å². The predicted octanol–water partition coefficient (Wildman–Crippen LogP) is 5.25. The second-order valence-electron chi connectivity index (χ2n) is 12.1. The lowest BCUT2D eigenvalue weighted by molar-refractivity contribution is -0.144. The number of hydrogen-bond acceptors (Lipinski definition) is 8. The topological polar surface area (TPSA) is 153 Å². The highest BCUT2D eigenvalue weighted by Crippen LogP contribution is 2.23. The number of rotatable bonds is 22. The van der Waals surface area contributed by atoms with E-state index in [4.69, 9.17) is 10.00 Å². The Morgan fingerprint density at radius 3 is 2.29 bits per heavy atom. The number of aromatic nitrogens is 1. The zero-order valence-electron chi connectivity index (χ0n) is 29.0. The molecule has 1 aromatic heterocycles. The third-order valence-corrected chi connectivity index (χ3v) is 9.46. The molecular formula is C38H47F2N5O5S. The Kier molecular flexibility index (Phi) is 18.1. The summed E-state index contributed by atoms with van der Waals surface area (Å²) in [6.45, 7) is 4.22. The maximum atomic E-state index is 14.3. The van der Waals surface area contributed by atoms with E-state index in [-0.39, 0.29) is 54.5 Å². The number of thioether (sulfide) groups is 1. The Labute approximate surface area is 302 Å². The minimum absolute atomic E-state index is 0.0556. The highest BCUT2D eigenvalue weighted by Gasteiger charge is 2.36. The number of unbranched alkanes of at least 4 members (excludes halogenated alkanes) is 1. The highest BCUT2D eigenvalue weighted by atomic mass is 32.2. The molecule has 0 aliphatic heterocycles. The van der Waals surface area contributed by atoms with Gasteiger partial charge >= 0.3 is 0 Å². The first-order valence-electron chi connectivity index (χ1n) is 17.2. The maximum Gasteiger partial charge on any atom is 0.253 e. The van der Waals surface area contributed by atoms with Gasteiger partial charge < -0.3 is 25.8 Å². The third kappa shape index (κ3) is 14.4. The van der Waals surface area contributed by atoms with Gasteiger partial charge in [0.1, 0.15) is 23.8 Å². The number of hydrogen-bond donors (Lipinski definition) is 4. The number of nitrogens with zero attached hydrogens (tertiary/aromatic N) is 2. The van der Waals surface area contributed by atoms with Crippen molar-refractivity contribution in [2.24, 2.45) is 0 Å². The van der Waals surface area contributed by atoms with Crippen molar-refractivity contribution >= 4 is 29.5 Å². The molecule has 3 rings (SSSR count). The molecule has 51 heavy (non-hydrogen) atoms. The normalized spacial score (nSPS) is 13.4. The summed E-state index contributed by atoms with van der Waals surface area (Å²) in [6, 6.07) is 14.7. The van der Waals surface area contributed by atoms with Crippen LogP contribution < -0.4 is 16.0 Å². The summed E-state index contributed by atoms with van der Waals surface area (Å²) >= 11 is 1.55. The molecule has 4 atom stereocenters. The molecule has 0 spiro atoms. The van der Waals surface area contributed by atoms with Gasteiger partial charge in [-0.05, 0) is 61.1 Å². The molecule has 0 aliphatic carbocycles. The second kappa shape index (κ2) is 22.4. The number of nitriles is 1. The lowest BCUT2D eigenvalue weighted by Gasteiger charge is -2.31. The van der Waals surface area contributed by atoms with E-state index in [0.717, 1.165) is 43.4 Å². The van der Waals surface area contributed by atoms with Crippen LogP contribution >= 0.6 is 11.8 Å². The minimum Gasteiger partial charge on any atom is -0.388 e. The predicted molar refractivity (Wildman–Crippen MR) is 192 cm³/mol. The largest absolute Gasteiger partial charge is 0.388 e. The summed E-state index contributed by atoms with van der Waals surface area (Å²) in [5.74, 6) is -3.40. The van der Waals surface area contributed by atoms with Crippen LogP contribution in [0.25, 0.3) is 0 Å². The van der Waals surface area contributed by atoms with Crippen molar-refractivity contribution in [2.75, 3.05) is 12.4 Å². The molecule has 0 saturated heterocycles. The molecule has 0 aliphatic rings. The Balaban J connectivity index is 1.94. The van der Waals surface area contributed by atoms with Crippen LogP contribution in [0.5, 0.6) is 0 Å². The Hall–Kier alpha value is -4.38. The Morgan fingerprint density at radius 1 is 0.961 bits per heavy atom. The molecule has 3 amide bonds. The van der Waals surface area contributed by atoms with E-state index in [9.17, 15) is 28.3 Å². The van der Waals surface area contributed by atoms with Gasteiger partial charge in [0.15, 0.2) is 6.10 Å². The molecule has 0 fully saturated rings. The van der Waals surface area contributed by atoms with E-state index in [1.807, 2.05) is 36.4 Å². The number of benzene rings is 2. The molecule has 10 nitrogen and oxygen atoms in total. The lowest BCUT2D eigenvalue weighted by atomic mass is 9.96. The number of carbonyl (C=O) groups excluding carboxylic acids is 3. The van der Waals surface area contributed by atoms with E-state index in [0.29, 0.717) is 6.07 Å². The number of halogens is 2. The van der Waals surface area contributed by atoms with Crippen LogP contribution in [0.1, 0.15) is 73.9 Å². The molecule has 3 aromatic rings. The summed E-state index contributed by atoms with van der Waals surface area (Å²) < 4.78 is 34.4. The Bertz CT molecular complexity index is 1540. The van der Waals surface area contributed by atoms with Crippen molar-refractivity contribution in [2.45, 2.75) is 94.9 Å². The van der Waals surface area contributed by atoms with Gasteiger partial charge in [-0.3, -0.25) is 19.4 Å². The number of amides is 3. The van der Waals surface area contributed by atoms with Crippen molar-refractivity contribution in [3.05, 3.63) is 101 Å². The standard InChI is InChI=1S/C38H47F2N5O5S/c1-3-11-31(12-4-2)51-25-33(45-36(47)28-15-10-17-42-24-28)37(48)44-32(21-27-19-29(39)22-30(40)20-27)34(46)35(50-18-9-8-16-41)38(49)43-23-26-13-6-5-7-14-26/h5-7,10,13-15,17,19-20,22,24,31-35,46H,3-4,8-9,11-12,18,21,23,25H2,1-2H3,(H,43,49)(H,44,48)(H,45,47)/t32-,33?,34+,35+/m0/s1. The van der Waals surface area contributed by atoms with Gasteiger partial charge in [0.05, 0.1) is 17.7 Å². The molecule has 0 radical (unpaired) electrons. The van der Waals surface area contributed by atoms with E-state index in [2.05, 4.69) is 34.8 Å². The van der Waals surface area contributed by atoms with Crippen molar-refractivity contribution in [3.8, 4) is 6.07 Å². The van der Waals surface area contributed by atoms with Crippen LogP contribution in [-0.4, -0.2) is 69.7 Å². The van der Waals surface area contributed by atoms with Gasteiger partial charge in [-0.2, -0.15) is 17.0 Å². The quantitative estimate of drug-likeness (QED) is 0.103. The van der Waals surface area contributed by atoms with Gasteiger partial charge in [-0.15, -0.1) is 0 Å². The number of nitrogens with one attached hydrogen (secondary N) is 3. The van der Waals surface area contributed by atoms with Crippen molar-refractivity contribution in [3.63, 3.8) is 0 Å². The van der Waals surface area contributed by atoms with E-state index in [1.54, 1.807) is 23.9 Å². The van der Waals surface area contributed by atoms with Crippen LogP contribution in [-0.2, 0) is 27.3 Å². The molecule has 13 heteroatoms. The fraction of sp³-hybridized carbons (Fsp3) is 0.447. The van der Waals surface area contributed by atoms with Gasteiger partial charge in [0.25, 0.3) is 11.8 Å². The van der Waals surface area contributed by atoms with Crippen LogP contribution in [0.4, 0.5) is 8.78 Å². The fourth-order valence-electron chi connectivity index (χ4n) is 5.42. The molecule has 2 aromatic carbocycles. The summed E-state index contributed by atoms with van der Waals surface area (Å²) in [6.07, 6.45) is 3.50. The van der Waals surface area contributed by atoms with E-state index in [1.165, 1.54) is 12.4 Å². The van der Waals surface area contributed by atoms with Gasteiger partial charge in [0.2, 0.25) is 5.91 Å². The molecular weight excluding hydrogens is 677 g/mol.